The summed E-state index contributed by atoms with van der Waals surface area (Å²) in [7, 11) is 0. The third-order valence-electron chi connectivity index (χ3n) is 1.61. The first-order valence-corrected chi connectivity index (χ1v) is 6.09. The summed E-state index contributed by atoms with van der Waals surface area (Å²) in [5, 5.41) is 8.98. The van der Waals surface area contributed by atoms with Gasteiger partial charge in [-0.2, -0.15) is 0 Å². The minimum Gasteiger partial charge on any atom is -0.444 e. The van der Waals surface area contributed by atoms with Crippen LogP contribution in [0.4, 0.5) is 9.80 Å². The molecule has 0 fully saturated rings. The van der Waals surface area contributed by atoms with Gasteiger partial charge in [0.15, 0.2) is 0 Å². The number of nitrogens with one attached hydrogen (secondary N) is 2. The van der Waals surface area contributed by atoms with E-state index in [2.05, 4.69) is 10.6 Å². The largest absolute Gasteiger partial charge is 0.444 e. The first kappa shape index (κ1) is 12.8. The lowest BCUT2D eigenvalue weighted by atomic mass is 10.2. The molecule has 0 atom stereocenters. The standard InChI is InChI=1S/C11H18N2O2S/c1-11(2,3)15-10(14)13-7-6-12-9-5-4-8-16-9/h4-5,8,12H,6-7H2,1-3H3,(H,13,14). The van der Waals surface area contributed by atoms with Crippen molar-refractivity contribution in [2.45, 2.75) is 26.4 Å². The van der Waals surface area contributed by atoms with Gasteiger partial charge < -0.3 is 15.4 Å². The SMILES string of the molecule is CC(C)(C)OC(=O)NCCNc1cccs1. The van der Waals surface area contributed by atoms with Gasteiger partial charge in [-0.15, -0.1) is 11.3 Å². The maximum absolute atomic E-state index is 11.3. The van der Waals surface area contributed by atoms with Crippen LogP contribution < -0.4 is 10.6 Å². The predicted octanol–water partition coefficient (Wildman–Crippen LogP) is 2.68. The van der Waals surface area contributed by atoms with Gasteiger partial charge in [-0.3, -0.25) is 0 Å². The van der Waals surface area contributed by atoms with E-state index in [1.165, 1.54) is 0 Å². The number of hydrogen-bond acceptors (Lipinski definition) is 4. The third-order valence-corrected chi connectivity index (χ3v) is 2.44. The molecule has 5 heteroatoms. The first-order valence-electron chi connectivity index (χ1n) is 5.21. The monoisotopic (exact) mass is 242 g/mol. The Morgan fingerprint density at radius 3 is 2.75 bits per heavy atom. The Morgan fingerprint density at radius 2 is 2.19 bits per heavy atom. The molecule has 0 spiro atoms. The molecule has 4 nitrogen and oxygen atoms in total. The molecule has 2 N–H and O–H groups in total. The zero-order valence-electron chi connectivity index (χ0n) is 9.87. The third kappa shape index (κ3) is 5.60. The van der Waals surface area contributed by atoms with Crippen LogP contribution in [0.2, 0.25) is 0 Å². The van der Waals surface area contributed by atoms with Gasteiger partial charge in [0.05, 0.1) is 5.00 Å². The normalized spacial score (nSPS) is 10.9. The Morgan fingerprint density at radius 1 is 1.44 bits per heavy atom. The maximum Gasteiger partial charge on any atom is 0.407 e. The molecule has 0 aliphatic rings. The van der Waals surface area contributed by atoms with Gasteiger partial charge in [-0.05, 0) is 38.3 Å². The number of alkyl carbamates (subject to hydrolysis) is 1. The van der Waals surface area contributed by atoms with Crippen LogP contribution >= 0.6 is 11.3 Å². The lowest BCUT2D eigenvalue weighted by Gasteiger charge is -2.19. The number of thiophene rings is 1. The molecule has 16 heavy (non-hydrogen) atoms. The van der Waals surface area contributed by atoms with Crippen molar-refractivity contribution in [2.75, 3.05) is 18.4 Å². The molecule has 0 saturated carbocycles. The van der Waals surface area contributed by atoms with Crippen LogP contribution in [0.1, 0.15) is 20.8 Å². The van der Waals surface area contributed by atoms with Crippen molar-refractivity contribution in [1.29, 1.82) is 0 Å². The van der Waals surface area contributed by atoms with Crippen LogP contribution in [0, 0.1) is 0 Å². The zero-order valence-corrected chi connectivity index (χ0v) is 10.7. The summed E-state index contributed by atoms with van der Waals surface area (Å²) in [5.74, 6) is 0. The minimum atomic E-state index is -0.439. The van der Waals surface area contributed by atoms with E-state index in [0.29, 0.717) is 13.1 Å². The molecule has 1 amide bonds. The number of rotatable bonds is 4. The highest BCUT2D eigenvalue weighted by atomic mass is 32.1. The molecule has 0 bridgehead atoms. The Hall–Kier alpha value is -1.23. The molecule has 0 aliphatic heterocycles. The van der Waals surface area contributed by atoms with Crippen molar-refractivity contribution in [1.82, 2.24) is 5.32 Å². The Kier molecular flexibility index (Phi) is 4.61. The summed E-state index contributed by atoms with van der Waals surface area (Å²) in [6.45, 7) is 6.77. The fraction of sp³-hybridized carbons (Fsp3) is 0.545. The van der Waals surface area contributed by atoms with E-state index in [4.69, 9.17) is 4.74 Å². The summed E-state index contributed by atoms with van der Waals surface area (Å²) >= 11 is 1.64. The van der Waals surface area contributed by atoms with Crippen molar-refractivity contribution in [2.24, 2.45) is 0 Å². The van der Waals surface area contributed by atoms with E-state index in [1.54, 1.807) is 11.3 Å². The molecular weight excluding hydrogens is 224 g/mol. The smallest absolute Gasteiger partial charge is 0.407 e. The molecule has 1 aromatic rings. The number of anilines is 1. The highest BCUT2D eigenvalue weighted by Gasteiger charge is 2.15. The Bertz CT molecular complexity index is 317. The van der Waals surface area contributed by atoms with Crippen LogP contribution in [0.25, 0.3) is 0 Å². The van der Waals surface area contributed by atoms with Crippen molar-refractivity contribution in [3.63, 3.8) is 0 Å². The number of hydrogen-bond donors (Lipinski definition) is 2. The predicted molar refractivity (Wildman–Crippen MR) is 67.0 cm³/mol. The average molecular weight is 242 g/mol. The molecule has 1 rings (SSSR count). The first-order chi connectivity index (χ1) is 7.47. The molecule has 0 aliphatic carbocycles. The van der Waals surface area contributed by atoms with E-state index in [0.717, 1.165) is 5.00 Å². The molecule has 0 unspecified atom stereocenters. The molecule has 0 aromatic carbocycles. The van der Waals surface area contributed by atoms with Gasteiger partial charge in [0.25, 0.3) is 0 Å². The van der Waals surface area contributed by atoms with E-state index in [9.17, 15) is 4.79 Å². The summed E-state index contributed by atoms with van der Waals surface area (Å²) in [6.07, 6.45) is -0.375. The van der Waals surface area contributed by atoms with E-state index >= 15 is 0 Å². The van der Waals surface area contributed by atoms with E-state index in [1.807, 2.05) is 38.3 Å². The second-order valence-corrected chi connectivity index (χ2v) is 5.28. The fourth-order valence-corrected chi connectivity index (χ4v) is 1.69. The maximum atomic E-state index is 11.3. The highest BCUT2D eigenvalue weighted by Crippen LogP contribution is 2.13. The van der Waals surface area contributed by atoms with E-state index < -0.39 is 5.60 Å². The van der Waals surface area contributed by atoms with Gasteiger partial charge in [0, 0.05) is 13.1 Å². The van der Waals surface area contributed by atoms with Crippen molar-refractivity contribution in [3.8, 4) is 0 Å². The number of carbonyl (C=O) groups is 1. The molecule has 1 aromatic heterocycles. The number of ether oxygens (including phenoxy) is 1. The second kappa shape index (κ2) is 5.75. The van der Waals surface area contributed by atoms with Crippen molar-refractivity contribution < 1.29 is 9.53 Å². The molecule has 0 saturated heterocycles. The van der Waals surface area contributed by atoms with Gasteiger partial charge in [-0.25, -0.2) is 4.79 Å². The summed E-state index contributed by atoms with van der Waals surface area (Å²) in [6, 6.07) is 3.98. The number of amides is 1. The molecule has 0 radical (unpaired) electrons. The van der Waals surface area contributed by atoms with Crippen LogP contribution in [0.5, 0.6) is 0 Å². The molecule has 1 heterocycles. The van der Waals surface area contributed by atoms with Gasteiger partial charge in [-0.1, -0.05) is 0 Å². The van der Waals surface area contributed by atoms with E-state index in [-0.39, 0.29) is 6.09 Å². The summed E-state index contributed by atoms with van der Waals surface area (Å²) in [4.78, 5) is 11.3. The Labute approximate surface area is 100 Å². The Balaban J connectivity index is 2.09. The fourth-order valence-electron chi connectivity index (χ4n) is 1.04. The number of carbonyl (C=O) groups excluding carboxylic acids is 1. The second-order valence-electron chi connectivity index (χ2n) is 4.33. The van der Waals surface area contributed by atoms with Crippen LogP contribution in [-0.4, -0.2) is 24.8 Å². The molecule has 90 valence electrons. The van der Waals surface area contributed by atoms with Gasteiger partial charge >= 0.3 is 6.09 Å². The molecular formula is C11H18N2O2S. The summed E-state index contributed by atoms with van der Waals surface area (Å²) in [5.41, 5.74) is -0.439. The summed E-state index contributed by atoms with van der Waals surface area (Å²) < 4.78 is 5.10. The quantitative estimate of drug-likeness (QED) is 0.798. The zero-order chi connectivity index (χ0) is 12.0. The van der Waals surface area contributed by atoms with Crippen molar-refractivity contribution in [3.05, 3.63) is 17.5 Å². The van der Waals surface area contributed by atoms with Gasteiger partial charge in [0.2, 0.25) is 0 Å². The average Bonchev–Trinajstić information content (AvgIpc) is 2.62. The van der Waals surface area contributed by atoms with Gasteiger partial charge in [0.1, 0.15) is 5.60 Å². The van der Waals surface area contributed by atoms with Crippen LogP contribution in [0.15, 0.2) is 17.5 Å². The topological polar surface area (TPSA) is 50.4 Å². The lowest BCUT2D eigenvalue weighted by molar-refractivity contribution is 0.0530. The highest BCUT2D eigenvalue weighted by molar-refractivity contribution is 7.14. The minimum absolute atomic E-state index is 0.375. The lowest BCUT2D eigenvalue weighted by Crippen LogP contribution is -2.34. The van der Waals surface area contributed by atoms with Crippen molar-refractivity contribution >= 4 is 22.4 Å². The van der Waals surface area contributed by atoms with Crippen LogP contribution in [0.3, 0.4) is 0 Å². The van der Waals surface area contributed by atoms with Crippen LogP contribution in [-0.2, 0) is 4.74 Å².